The molecule has 0 radical (unpaired) electrons. The predicted octanol–water partition coefficient (Wildman–Crippen LogP) is 4.69. The highest BCUT2D eigenvalue weighted by Gasteiger charge is 2.10. The van der Waals surface area contributed by atoms with E-state index in [1.165, 1.54) is 0 Å². The summed E-state index contributed by atoms with van der Waals surface area (Å²) in [5.74, 6) is -0.331. The minimum absolute atomic E-state index is 0.0635. The van der Waals surface area contributed by atoms with Crippen molar-refractivity contribution in [2.45, 2.75) is 19.8 Å². The number of carbonyl (C=O) groups is 2. The van der Waals surface area contributed by atoms with E-state index in [1.54, 1.807) is 24.3 Å². The molecule has 0 saturated carbocycles. The van der Waals surface area contributed by atoms with Crippen LogP contribution in [-0.4, -0.2) is 16.9 Å². The molecule has 6 heteroatoms. The van der Waals surface area contributed by atoms with Crippen molar-refractivity contribution in [2.75, 3.05) is 10.6 Å². The minimum atomic E-state index is -0.268. The van der Waals surface area contributed by atoms with Gasteiger partial charge in [-0.3, -0.25) is 14.9 Å². The molecule has 0 spiro atoms. The van der Waals surface area contributed by atoms with Crippen LogP contribution in [0.25, 0.3) is 0 Å². The van der Waals surface area contributed by atoms with Crippen molar-refractivity contribution in [1.82, 2.24) is 5.32 Å². The van der Waals surface area contributed by atoms with Gasteiger partial charge in [-0.1, -0.05) is 54.6 Å². The topological polar surface area (TPSA) is 70.2 Å². The van der Waals surface area contributed by atoms with Crippen molar-refractivity contribution in [3.05, 3.63) is 95.6 Å². The molecule has 3 aromatic carbocycles. The van der Waals surface area contributed by atoms with Crippen LogP contribution < -0.4 is 16.0 Å². The van der Waals surface area contributed by atoms with E-state index in [9.17, 15) is 9.59 Å². The third-order valence-corrected chi connectivity index (χ3v) is 4.71. The van der Waals surface area contributed by atoms with Gasteiger partial charge in [-0.05, 0) is 61.0 Å². The number of anilines is 2. The van der Waals surface area contributed by atoms with Gasteiger partial charge in [-0.15, -0.1) is 0 Å². The Kier molecular flexibility index (Phi) is 7.29. The number of benzene rings is 3. The minimum Gasteiger partial charge on any atom is -0.332 e. The molecule has 0 atom stereocenters. The standard InChI is InChI=1S/C24H23N3O2S/c1-17-8-5-6-13-21(17)23(29)27-24(30)26-20-12-7-11-19(16-20)25-22(28)15-14-18-9-3-2-4-10-18/h2-13,16H,14-15H2,1H3,(H,25,28)(H2,26,27,29,30). The molecule has 0 fully saturated rings. The number of rotatable bonds is 6. The number of nitrogens with one attached hydrogen (secondary N) is 3. The highest BCUT2D eigenvalue weighted by atomic mass is 32.1. The van der Waals surface area contributed by atoms with Gasteiger partial charge in [-0.2, -0.15) is 0 Å². The van der Waals surface area contributed by atoms with Gasteiger partial charge in [0.1, 0.15) is 0 Å². The van der Waals surface area contributed by atoms with Gasteiger partial charge in [0.15, 0.2) is 5.11 Å². The van der Waals surface area contributed by atoms with E-state index in [1.807, 2.05) is 61.5 Å². The molecule has 0 saturated heterocycles. The summed E-state index contributed by atoms with van der Waals surface area (Å²) >= 11 is 5.25. The first kappa shape index (κ1) is 21.2. The molecule has 0 aromatic heterocycles. The Balaban J connectivity index is 1.53. The number of thiocarbonyl (C=S) groups is 1. The Bertz CT molecular complexity index is 1050. The Labute approximate surface area is 181 Å². The van der Waals surface area contributed by atoms with E-state index in [0.717, 1.165) is 11.1 Å². The monoisotopic (exact) mass is 417 g/mol. The zero-order chi connectivity index (χ0) is 21.3. The molecule has 0 aliphatic heterocycles. The summed E-state index contributed by atoms with van der Waals surface area (Å²) in [7, 11) is 0. The highest BCUT2D eigenvalue weighted by molar-refractivity contribution is 7.80. The highest BCUT2D eigenvalue weighted by Crippen LogP contribution is 2.16. The molecule has 0 heterocycles. The lowest BCUT2D eigenvalue weighted by Crippen LogP contribution is -2.34. The van der Waals surface area contributed by atoms with Crippen LogP contribution in [0.1, 0.15) is 27.9 Å². The smallest absolute Gasteiger partial charge is 0.257 e. The number of aryl methyl sites for hydroxylation is 2. The molecule has 3 rings (SSSR count). The van der Waals surface area contributed by atoms with Crippen LogP contribution >= 0.6 is 12.2 Å². The molecule has 3 aromatic rings. The Morgan fingerprint density at radius 1 is 0.833 bits per heavy atom. The van der Waals surface area contributed by atoms with Gasteiger partial charge in [-0.25, -0.2) is 0 Å². The summed E-state index contributed by atoms with van der Waals surface area (Å²) in [6.45, 7) is 1.87. The van der Waals surface area contributed by atoms with Crippen LogP contribution in [0.5, 0.6) is 0 Å². The van der Waals surface area contributed by atoms with Crippen molar-refractivity contribution in [3.63, 3.8) is 0 Å². The van der Waals surface area contributed by atoms with Crippen LogP contribution in [0.15, 0.2) is 78.9 Å². The first-order valence-electron chi connectivity index (χ1n) is 9.63. The first-order chi connectivity index (χ1) is 14.5. The first-order valence-corrected chi connectivity index (χ1v) is 10.0. The SMILES string of the molecule is Cc1ccccc1C(=O)NC(=S)Nc1cccc(NC(=O)CCc2ccccc2)c1. The van der Waals surface area contributed by atoms with Gasteiger partial charge in [0, 0.05) is 23.4 Å². The number of amides is 2. The zero-order valence-electron chi connectivity index (χ0n) is 16.6. The molecular weight excluding hydrogens is 394 g/mol. The van der Waals surface area contributed by atoms with Crippen LogP contribution in [0.2, 0.25) is 0 Å². The maximum atomic E-state index is 12.4. The van der Waals surface area contributed by atoms with Gasteiger partial charge in [0.2, 0.25) is 5.91 Å². The summed E-state index contributed by atoms with van der Waals surface area (Å²) in [4.78, 5) is 24.6. The molecular formula is C24H23N3O2S. The average Bonchev–Trinajstić information content (AvgIpc) is 2.73. The average molecular weight is 418 g/mol. The van der Waals surface area contributed by atoms with Crippen molar-refractivity contribution in [3.8, 4) is 0 Å². The Morgan fingerprint density at radius 2 is 1.50 bits per heavy atom. The van der Waals surface area contributed by atoms with E-state index >= 15 is 0 Å². The maximum Gasteiger partial charge on any atom is 0.257 e. The van der Waals surface area contributed by atoms with E-state index < -0.39 is 0 Å². The van der Waals surface area contributed by atoms with Crippen LogP contribution in [0.3, 0.4) is 0 Å². The van der Waals surface area contributed by atoms with Crippen molar-refractivity contribution in [2.24, 2.45) is 0 Å². The zero-order valence-corrected chi connectivity index (χ0v) is 17.5. The summed E-state index contributed by atoms with van der Waals surface area (Å²) in [5, 5.41) is 8.74. The van der Waals surface area contributed by atoms with Crippen molar-refractivity contribution >= 4 is 40.5 Å². The van der Waals surface area contributed by atoms with E-state index in [4.69, 9.17) is 12.2 Å². The molecule has 0 bridgehead atoms. The van der Waals surface area contributed by atoms with Gasteiger partial charge in [0.05, 0.1) is 0 Å². The molecule has 2 amide bonds. The second-order valence-electron chi connectivity index (χ2n) is 6.84. The quantitative estimate of drug-likeness (QED) is 0.509. The fourth-order valence-electron chi connectivity index (χ4n) is 2.96. The lowest BCUT2D eigenvalue weighted by atomic mass is 10.1. The largest absolute Gasteiger partial charge is 0.332 e. The molecule has 3 N–H and O–H groups in total. The lowest BCUT2D eigenvalue weighted by Gasteiger charge is -2.12. The lowest BCUT2D eigenvalue weighted by molar-refractivity contribution is -0.116. The molecule has 0 aliphatic rings. The molecule has 0 unspecified atom stereocenters. The van der Waals surface area contributed by atoms with Gasteiger partial charge in [0.25, 0.3) is 5.91 Å². The number of carbonyl (C=O) groups excluding carboxylic acids is 2. The third kappa shape index (κ3) is 6.25. The fraction of sp³-hybridized carbons (Fsp3) is 0.125. The second kappa shape index (κ2) is 10.3. The summed E-state index contributed by atoms with van der Waals surface area (Å²) in [5.41, 5.74) is 3.90. The third-order valence-electron chi connectivity index (χ3n) is 4.50. The summed E-state index contributed by atoms with van der Waals surface area (Å²) < 4.78 is 0. The van der Waals surface area contributed by atoms with Crippen LogP contribution in [0, 0.1) is 6.92 Å². The Morgan fingerprint density at radius 3 is 2.23 bits per heavy atom. The van der Waals surface area contributed by atoms with E-state index in [0.29, 0.717) is 29.8 Å². The number of hydrogen-bond acceptors (Lipinski definition) is 3. The Hall–Kier alpha value is -3.51. The normalized spacial score (nSPS) is 10.2. The van der Waals surface area contributed by atoms with Crippen molar-refractivity contribution in [1.29, 1.82) is 0 Å². The summed E-state index contributed by atoms with van der Waals surface area (Å²) in [6, 6.07) is 24.4. The maximum absolute atomic E-state index is 12.4. The fourth-order valence-corrected chi connectivity index (χ4v) is 3.17. The predicted molar refractivity (Wildman–Crippen MR) is 125 cm³/mol. The van der Waals surface area contributed by atoms with Gasteiger partial charge >= 0.3 is 0 Å². The molecule has 0 aliphatic carbocycles. The number of hydrogen-bond donors (Lipinski definition) is 3. The van der Waals surface area contributed by atoms with Crippen LogP contribution in [0.4, 0.5) is 11.4 Å². The van der Waals surface area contributed by atoms with E-state index in [-0.39, 0.29) is 16.9 Å². The van der Waals surface area contributed by atoms with Crippen LogP contribution in [-0.2, 0) is 11.2 Å². The van der Waals surface area contributed by atoms with E-state index in [2.05, 4.69) is 16.0 Å². The molecule has 5 nitrogen and oxygen atoms in total. The molecule has 152 valence electrons. The molecule has 30 heavy (non-hydrogen) atoms. The summed E-state index contributed by atoms with van der Waals surface area (Å²) in [6.07, 6.45) is 1.08. The van der Waals surface area contributed by atoms with Gasteiger partial charge < -0.3 is 10.6 Å². The van der Waals surface area contributed by atoms with Crippen molar-refractivity contribution < 1.29 is 9.59 Å². The second-order valence-corrected chi connectivity index (χ2v) is 7.25.